The highest BCUT2D eigenvalue weighted by Crippen LogP contribution is 2.26. The van der Waals surface area contributed by atoms with Gasteiger partial charge in [-0.05, 0) is 24.3 Å². The summed E-state index contributed by atoms with van der Waals surface area (Å²) in [5.74, 6) is -0.962. The standard InChI is InChI=1S/C12H16ClNO6S2/c13-9-1-3-10(4-2-9)22(19,20)14(5-6-15)11-7-21(17,18)8-12(11)16/h1-4,11-12,15-16H,5-8H2/t11-,12-/m1/s1. The molecule has 2 atom stereocenters. The Balaban J connectivity index is 2.41. The Morgan fingerprint density at radius 1 is 1.23 bits per heavy atom. The Labute approximate surface area is 134 Å². The fourth-order valence-corrected chi connectivity index (χ4v) is 6.06. The number of aliphatic hydroxyl groups excluding tert-OH is 2. The van der Waals surface area contributed by atoms with E-state index in [4.69, 9.17) is 16.7 Å². The number of nitrogens with zero attached hydrogens (tertiary/aromatic N) is 1. The maximum atomic E-state index is 12.6. The Hall–Kier alpha value is -0.710. The highest BCUT2D eigenvalue weighted by atomic mass is 35.5. The first-order valence-corrected chi connectivity index (χ1v) is 10.1. The van der Waals surface area contributed by atoms with Crippen molar-refractivity contribution in [1.82, 2.24) is 4.31 Å². The lowest BCUT2D eigenvalue weighted by Gasteiger charge is -2.28. The van der Waals surface area contributed by atoms with Gasteiger partial charge in [-0.2, -0.15) is 4.31 Å². The quantitative estimate of drug-likeness (QED) is 0.722. The molecule has 0 aliphatic carbocycles. The summed E-state index contributed by atoms with van der Waals surface area (Å²) in [6, 6.07) is 4.26. The van der Waals surface area contributed by atoms with E-state index in [9.17, 15) is 21.9 Å². The molecule has 0 aromatic heterocycles. The monoisotopic (exact) mass is 369 g/mol. The topological polar surface area (TPSA) is 112 Å². The van der Waals surface area contributed by atoms with Crippen LogP contribution in [-0.4, -0.2) is 68.2 Å². The van der Waals surface area contributed by atoms with Crippen LogP contribution in [-0.2, 0) is 19.9 Å². The van der Waals surface area contributed by atoms with Gasteiger partial charge in [0.2, 0.25) is 10.0 Å². The molecule has 0 saturated carbocycles. The molecule has 22 heavy (non-hydrogen) atoms. The SMILES string of the molecule is O=S1(=O)C[C@@H](O)[C@H](N(CCO)S(=O)(=O)c2ccc(Cl)cc2)C1. The lowest BCUT2D eigenvalue weighted by Crippen LogP contribution is -2.47. The predicted octanol–water partition coefficient (Wildman–Crippen LogP) is -0.519. The number of halogens is 1. The van der Waals surface area contributed by atoms with Gasteiger partial charge in [-0.25, -0.2) is 16.8 Å². The first-order chi connectivity index (χ1) is 10.2. The molecule has 1 heterocycles. The molecular weight excluding hydrogens is 354 g/mol. The van der Waals surface area contributed by atoms with Gasteiger partial charge < -0.3 is 10.2 Å². The van der Waals surface area contributed by atoms with Gasteiger partial charge in [0, 0.05) is 11.6 Å². The van der Waals surface area contributed by atoms with Crippen molar-refractivity contribution >= 4 is 31.5 Å². The van der Waals surface area contributed by atoms with Gasteiger partial charge in [0.05, 0.1) is 35.2 Å². The average molecular weight is 370 g/mol. The van der Waals surface area contributed by atoms with Crippen LogP contribution in [0.3, 0.4) is 0 Å². The van der Waals surface area contributed by atoms with Gasteiger partial charge in [-0.15, -0.1) is 0 Å². The second-order valence-electron chi connectivity index (χ2n) is 5.00. The largest absolute Gasteiger partial charge is 0.395 e. The lowest BCUT2D eigenvalue weighted by molar-refractivity contribution is 0.117. The van der Waals surface area contributed by atoms with Gasteiger partial charge in [0.1, 0.15) is 0 Å². The molecule has 0 radical (unpaired) electrons. The second-order valence-corrected chi connectivity index (χ2v) is 9.49. The molecule has 0 amide bonds. The van der Waals surface area contributed by atoms with E-state index in [-0.39, 0.29) is 11.4 Å². The lowest BCUT2D eigenvalue weighted by atomic mass is 10.2. The van der Waals surface area contributed by atoms with Crippen LogP contribution in [0.5, 0.6) is 0 Å². The molecule has 1 aromatic carbocycles. The van der Waals surface area contributed by atoms with Crippen LogP contribution >= 0.6 is 11.6 Å². The molecule has 1 saturated heterocycles. The van der Waals surface area contributed by atoms with Crippen LogP contribution in [0.4, 0.5) is 0 Å². The number of hydrogen-bond donors (Lipinski definition) is 2. The first-order valence-electron chi connectivity index (χ1n) is 6.44. The number of rotatable bonds is 5. The molecule has 1 aliphatic rings. The third-order valence-corrected chi connectivity index (χ3v) is 7.29. The molecule has 0 bridgehead atoms. The van der Waals surface area contributed by atoms with E-state index in [1.165, 1.54) is 24.3 Å². The fourth-order valence-electron chi connectivity index (χ4n) is 2.39. The van der Waals surface area contributed by atoms with Crippen molar-refractivity contribution in [2.75, 3.05) is 24.7 Å². The van der Waals surface area contributed by atoms with Gasteiger partial charge in [-0.3, -0.25) is 0 Å². The van der Waals surface area contributed by atoms with Gasteiger partial charge in [-0.1, -0.05) is 11.6 Å². The van der Waals surface area contributed by atoms with E-state index in [0.29, 0.717) is 5.02 Å². The summed E-state index contributed by atoms with van der Waals surface area (Å²) in [5.41, 5.74) is 0. The minimum atomic E-state index is -4.06. The summed E-state index contributed by atoms with van der Waals surface area (Å²) in [7, 11) is -7.57. The zero-order valence-electron chi connectivity index (χ0n) is 11.5. The Morgan fingerprint density at radius 3 is 2.27 bits per heavy atom. The summed E-state index contributed by atoms with van der Waals surface area (Å²) >= 11 is 5.72. The predicted molar refractivity (Wildman–Crippen MR) is 80.9 cm³/mol. The summed E-state index contributed by atoms with van der Waals surface area (Å²) in [6.07, 6.45) is -1.32. The number of hydrogen-bond acceptors (Lipinski definition) is 6. The molecule has 0 spiro atoms. The minimum Gasteiger partial charge on any atom is -0.395 e. The molecule has 1 aromatic rings. The normalized spacial score (nSPS) is 24.7. The number of sulfone groups is 1. The maximum Gasteiger partial charge on any atom is 0.243 e. The minimum absolute atomic E-state index is 0.0816. The van der Waals surface area contributed by atoms with E-state index in [1.807, 2.05) is 0 Å². The van der Waals surface area contributed by atoms with Crippen molar-refractivity contribution in [2.45, 2.75) is 17.0 Å². The van der Waals surface area contributed by atoms with E-state index in [0.717, 1.165) is 4.31 Å². The average Bonchev–Trinajstić information content (AvgIpc) is 2.69. The van der Waals surface area contributed by atoms with Crippen molar-refractivity contribution in [2.24, 2.45) is 0 Å². The van der Waals surface area contributed by atoms with Crippen LogP contribution in [0.25, 0.3) is 0 Å². The molecule has 124 valence electrons. The van der Waals surface area contributed by atoms with Crippen molar-refractivity contribution in [1.29, 1.82) is 0 Å². The number of sulfonamides is 1. The Morgan fingerprint density at radius 2 is 1.82 bits per heavy atom. The maximum absolute atomic E-state index is 12.6. The highest BCUT2D eigenvalue weighted by molar-refractivity contribution is 7.92. The summed E-state index contributed by atoms with van der Waals surface area (Å²) in [4.78, 5) is -0.0816. The molecule has 0 unspecified atom stereocenters. The number of aliphatic hydroxyl groups is 2. The molecule has 7 nitrogen and oxygen atoms in total. The van der Waals surface area contributed by atoms with Crippen LogP contribution in [0.1, 0.15) is 0 Å². The first kappa shape index (κ1) is 17.6. The molecule has 2 rings (SSSR count). The third-order valence-electron chi connectivity index (χ3n) is 3.40. The van der Waals surface area contributed by atoms with Crippen molar-refractivity contribution in [3.05, 3.63) is 29.3 Å². The second kappa shape index (κ2) is 6.42. The third kappa shape index (κ3) is 3.61. The van der Waals surface area contributed by atoms with Crippen molar-refractivity contribution in [3.8, 4) is 0 Å². The Bertz CT molecular complexity index is 731. The summed E-state index contributed by atoms with van der Waals surface area (Å²) in [6.45, 7) is -0.793. The summed E-state index contributed by atoms with van der Waals surface area (Å²) < 4.78 is 49.3. The van der Waals surface area contributed by atoms with E-state index >= 15 is 0 Å². The van der Waals surface area contributed by atoms with E-state index in [1.54, 1.807) is 0 Å². The van der Waals surface area contributed by atoms with E-state index in [2.05, 4.69) is 0 Å². The zero-order valence-corrected chi connectivity index (χ0v) is 13.9. The van der Waals surface area contributed by atoms with Gasteiger partial charge >= 0.3 is 0 Å². The molecule has 10 heteroatoms. The zero-order chi connectivity index (χ0) is 16.5. The van der Waals surface area contributed by atoms with Gasteiger partial charge in [0.25, 0.3) is 0 Å². The molecule has 1 aliphatic heterocycles. The van der Waals surface area contributed by atoms with Crippen LogP contribution in [0, 0.1) is 0 Å². The van der Waals surface area contributed by atoms with Crippen LogP contribution in [0.15, 0.2) is 29.2 Å². The fraction of sp³-hybridized carbons (Fsp3) is 0.500. The molecule has 2 N–H and O–H groups in total. The van der Waals surface area contributed by atoms with Crippen molar-refractivity contribution in [3.63, 3.8) is 0 Å². The number of benzene rings is 1. The van der Waals surface area contributed by atoms with Crippen LogP contribution in [0.2, 0.25) is 5.02 Å². The Kier molecular flexibility index (Phi) is 5.15. The van der Waals surface area contributed by atoms with Gasteiger partial charge in [0.15, 0.2) is 9.84 Å². The smallest absolute Gasteiger partial charge is 0.243 e. The highest BCUT2D eigenvalue weighted by Gasteiger charge is 2.44. The molecular formula is C12H16ClNO6S2. The molecule has 1 fully saturated rings. The van der Waals surface area contributed by atoms with Crippen LogP contribution < -0.4 is 0 Å². The summed E-state index contributed by atoms with van der Waals surface area (Å²) in [5, 5.41) is 19.4. The van der Waals surface area contributed by atoms with E-state index < -0.39 is 50.1 Å². The van der Waals surface area contributed by atoms with Crippen molar-refractivity contribution < 1.29 is 27.0 Å².